The van der Waals surface area contributed by atoms with Crippen molar-refractivity contribution in [2.24, 2.45) is 0 Å². The van der Waals surface area contributed by atoms with E-state index >= 15 is 0 Å². The van der Waals surface area contributed by atoms with Crippen LogP contribution in [0.2, 0.25) is 5.02 Å². The van der Waals surface area contributed by atoms with E-state index in [2.05, 4.69) is 34.7 Å². The fourth-order valence-electron chi connectivity index (χ4n) is 5.49. The standard InChI is InChI=1S/C33H29ClN4O2S/c1-21-20-27(22(2)37(21)30-10-5-4-8-28(30)34)32-31(29-9-6-7-19-35-29)36-33(41)38(32)23-11-13-25(14-12-23)40-26-17-15-24(39-3)16-18-26/h4-20,31-32H,1-3H3,(H,36,41). The van der Waals surface area contributed by atoms with E-state index in [4.69, 9.17) is 38.3 Å². The van der Waals surface area contributed by atoms with E-state index in [9.17, 15) is 0 Å². The first kappa shape index (κ1) is 26.9. The van der Waals surface area contributed by atoms with Crippen molar-refractivity contribution in [1.82, 2.24) is 14.9 Å². The molecule has 1 N–H and O–H groups in total. The molecule has 3 heterocycles. The van der Waals surface area contributed by atoms with Crippen molar-refractivity contribution in [2.45, 2.75) is 25.9 Å². The molecule has 2 unspecified atom stereocenters. The molecule has 3 aromatic carbocycles. The van der Waals surface area contributed by atoms with Gasteiger partial charge in [-0.25, -0.2) is 0 Å². The van der Waals surface area contributed by atoms with Crippen molar-refractivity contribution in [2.75, 3.05) is 12.0 Å². The zero-order valence-corrected chi connectivity index (χ0v) is 24.5. The minimum Gasteiger partial charge on any atom is -0.497 e. The molecule has 8 heteroatoms. The minimum absolute atomic E-state index is 0.145. The third-order valence-corrected chi connectivity index (χ3v) is 8.02. The summed E-state index contributed by atoms with van der Waals surface area (Å²) in [5.74, 6) is 2.24. The number of benzene rings is 3. The predicted octanol–water partition coefficient (Wildman–Crippen LogP) is 8.12. The van der Waals surface area contributed by atoms with Gasteiger partial charge >= 0.3 is 0 Å². The van der Waals surface area contributed by atoms with E-state index in [1.165, 1.54) is 0 Å². The van der Waals surface area contributed by atoms with Crippen LogP contribution < -0.4 is 19.7 Å². The van der Waals surface area contributed by atoms with E-state index < -0.39 is 0 Å². The Hall–Kier alpha value is -4.33. The molecule has 0 radical (unpaired) electrons. The Balaban J connectivity index is 1.39. The van der Waals surface area contributed by atoms with Gasteiger partial charge in [-0.3, -0.25) is 4.98 Å². The summed E-state index contributed by atoms with van der Waals surface area (Å²) >= 11 is 12.6. The first-order chi connectivity index (χ1) is 19.9. The summed E-state index contributed by atoms with van der Waals surface area (Å²) in [5, 5.41) is 4.89. The summed E-state index contributed by atoms with van der Waals surface area (Å²) in [6, 6.07) is 31.3. The van der Waals surface area contributed by atoms with Gasteiger partial charge in [0.25, 0.3) is 0 Å². The lowest BCUT2D eigenvalue weighted by atomic mass is 9.96. The van der Waals surface area contributed by atoms with E-state index in [0.29, 0.717) is 10.1 Å². The molecule has 1 aliphatic rings. The zero-order chi connectivity index (χ0) is 28.5. The fraction of sp³-hybridized carbons (Fsp3) is 0.152. The van der Waals surface area contributed by atoms with Crippen LogP contribution in [0.5, 0.6) is 17.2 Å². The molecule has 6 nitrogen and oxygen atoms in total. The highest BCUT2D eigenvalue weighted by molar-refractivity contribution is 7.80. The molecule has 41 heavy (non-hydrogen) atoms. The lowest BCUT2D eigenvalue weighted by molar-refractivity contribution is 0.413. The van der Waals surface area contributed by atoms with Crippen LogP contribution in [-0.2, 0) is 0 Å². The molecule has 1 fully saturated rings. The molecule has 206 valence electrons. The van der Waals surface area contributed by atoms with Gasteiger partial charge in [-0.05, 0) is 110 Å². The van der Waals surface area contributed by atoms with Gasteiger partial charge in [-0.1, -0.05) is 29.8 Å². The predicted molar refractivity (Wildman–Crippen MR) is 168 cm³/mol. The van der Waals surface area contributed by atoms with Gasteiger partial charge in [0.1, 0.15) is 17.2 Å². The number of ether oxygens (including phenoxy) is 2. The Kier molecular flexibility index (Phi) is 7.39. The molecule has 2 atom stereocenters. The van der Waals surface area contributed by atoms with Crippen molar-refractivity contribution < 1.29 is 9.47 Å². The summed E-state index contributed by atoms with van der Waals surface area (Å²) in [6.07, 6.45) is 1.82. The van der Waals surface area contributed by atoms with Gasteiger partial charge < -0.3 is 24.3 Å². The number of thiocarbonyl (C=S) groups is 1. The van der Waals surface area contributed by atoms with E-state index in [1.54, 1.807) is 7.11 Å². The fourth-order valence-corrected chi connectivity index (χ4v) is 6.06. The van der Waals surface area contributed by atoms with Gasteiger partial charge in [0.15, 0.2) is 5.11 Å². The maximum atomic E-state index is 6.64. The second-order valence-electron chi connectivity index (χ2n) is 9.88. The van der Waals surface area contributed by atoms with Gasteiger partial charge in [0.05, 0.1) is 35.6 Å². The average molecular weight is 581 g/mol. The topological polar surface area (TPSA) is 51.6 Å². The first-order valence-electron chi connectivity index (χ1n) is 13.3. The van der Waals surface area contributed by atoms with Crippen LogP contribution in [0.3, 0.4) is 0 Å². The van der Waals surface area contributed by atoms with Crippen molar-refractivity contribution in [3.05, 3.63) is 131 Å². The van der Waals surface area contributed by atoms with Gasteiger partial charge in [0, 0.05) is 23.3 Å². The minimum atomic E-state index is -0.154. The van der Waals surface area contributed by atoms with Crippen LogP contribution in [0.25, 0.3) is 5.69 Å². The normalized spacial score (nSPS) is 16.5. The maximum Gasteiger partial charge on any atom is 0.174 e. The van der Waals surface area contributed by atoms with E-state index in [-0.39, 0.29) is 12.1 Å². The number of pyridine rings is 1. The number of methoxy groups -OCH3 is 1. The van der Waals surface area contributed by atoms with Crippen LogP contribution in [0.4, 0.5) is 5.69 Å². The van der Waals surface area contributed by atoms with Gasteiger partial charge in [-0.2, -0.15) is 0 Å². The van der Waals surface area contributed by atoms with Crippen LogP contribution in [0.1, 0.15) is 34.7 Å². The molecule has 0 amide bonds. The first-order valence-corrected chi connectivity index (χ1v) is 14.1. The molecule has 1 aliphatic heterocycles. The Morgan fingerprint density at radius 1 is 0.854 bits per heavy atom. The number of nitrogens with one attached hydrogen (secondary N) is 1. The number of hydrogen-bond donors (Lipinski definition) is 1. The molecule has 0 saturated carbocycles. The highest BCUT2D eigenvalue weighted by Gasteiger charge is 2.42. The molecule has 5 aromatic rings. The maximum absolute atomic E-state index is 6.64. The van der Waals surface area contributed by atoms with E-state index in [0.717, 1.165) is 51.3 Å². The smallest absolute Gasteiger partial charge is 0.174 e. The Morgan fingerprint density at radius 2 is 1.51 bits per heavy atom. The third-order valence-electron chi connectivity index (χ3n) is 7.39. The molecule has 6 rings (SSSR count). The van der Waals surface area contributed by atoms with Crippen molar-refractivity contribution in [1.29, 1.82) is 0 Å². The monoisotopic (exact) mass is 580 g/mol. The van der Waals surface area contributed by atoms with Gasteiger partial charge in [-0.15, -0.1) is 0 Å². The second kappa shape index (κ2) is 11.3. The molecule has 0 aliphatic carbocycles. The Morgan fingerprint density at radius 3 is 2.17 bits per heavy atom. The summed E-state index contributed by atoms with van der Waals surface area (Å²) in [6.45, 7) is 4.23. The van der Waals surface area contributed by atoms with Crippen LogP contribution >= 0.6 is 23.8 Å². The van der Waals surface area contributed by atoms with Crippen molar-refractivity contribution in [3.8, 4) is 22.9 Å². The summed E-state index contributed by atoms with van der Waals surface area (Å²) in [5.41, 5.74) is 6.15. The quantitative estimate of drug-likeness (QED) is 0.196. The lowest BCUT2D eigenvalue weighted by Gasteiger charge is -2.28. The lowest BCUT2D eigenvalue weighted by Crippen LogP contribution is -2.29. The largest absolute Gasteiger partial charge is 0.497 e. The third kappa shape index (κ3) is 5.14. The number of hydrogen-bond acceptors (Lipinski definition) is 4. The van der Waals surface area contributed by atoms with Crippen LogP contribution in [-0.4, -0.2) is 21.8 Å². The molecular formula is C33H29ClN4O2S. The number of aryl methyl sites for hydroxylation is 1. The van der Waals surface area contributed by atoms with Crippen molar-refractivity contribution >= 4 is 34.6 Å². The SMILES string of the molecule is COc1ccc(Oc2ccc(N3C(=S)NC(c4ccccn4)C3c3cc(C)n(-c4ccccc4Cl)c3C)cc2)cc1. The second-order valence-corrected chi connectivity index (χ2v) is 10.7. The zero-order valence-electron chi connectivity index (χ0n) is 22.9. The number of nitrogens with zero attached hydrogens (tertiary/aromatic N) is 3. The molecule has 2 aromatic heterocycles. The summed E-state index contributed by atoms with van der Waals surface area (Å²) in [7, 11) is 1.65. The average Bonchev–Trinajstić information content (AvgIpc) is 3.49. The van der Waals surface area contributed by atoms with Crippen LogP contribution in [0, 0.1) is 13.8 Å². The van der Waals surface area contributed by atoms with E-state index in [1.807, 2.05) is 97.2 Å². The molecular weight excluding hydrogens is 552 g/mol. The molecule has 0 bridgehead atoms. The number of aromatic nitrogens is 2. The van der Waals surface area contributed by atoms with Crippen molar-refractivity contribution in [3.63, 3.8) is 0 Å². The number of rotatable bonds is 7. The molecule has 1 saturated heterocycles. The number of para-hydroxylation sites is 1. The summed E-state index contributed by atoms with van der Waals surface area (Å²) < 4.78 is 13.5. The summed E-state index contributed by atoms with van der Waals surface area (Å²) in [4.78, 5) is 6.87. The molecule has 0 spiro atoms. The number of anilines is 1. The highest BCUT2D eigenvalue weighted by Crippen LogP contribution is 2.44. The number of halogens is 1. The van der Waals surface area contributed by atoms with Gasteiger partial charge in [0.2, 0.25) is 0 Å². The van der Waals surface area contributed by atoms with Crippen LogP contribution in [0.15, 0.2) is 103 Å². The Bertz CT molecular complexity index is 1690. The highest BCUT2D eigenvalue weighted by atomic mass is 35.5. The Labute approximate surface area is 250 Å².